The molecule has 0 aliphatic carbocycles. The van der Waals surface area contributed by atoms with Crippen LogP contribution in [0.15, 0.2) is 85.1 Å². The van der Waals surface area contributed by atoms with Gasteiger partial charge in [-0.25, -0.2) is 0 Å². The third kappa shape index (κ3) is 54.0. The molecule has 0 radical (unpaired) electrons. The van der Waals surface area contributed by atoms with E-state index in [1.54, 1.807) is 0 Å². The zero-order chi connectivity index (χ0) is 54.3. The smallest absolute Gasteiger partial charge is 0.306 e. The largest absolute Gasteiger partial charge is 0.756 e. The van der Waals surface area contributed by atoms with Gasteiger partial charge in [-0.15, -0.1) is 0 Å². The lowest BCUT2D eigenvalue weighted by atomic mass is 10.0. The molecule has 0 fully saturated rings. The molecule has 0 saturated heterocycles. The van der Waals surface area contributed by atoms with Gasteiger partial charge in [-0.3, -0.25) is 14.2 Å². The number of hydrogen-bond acceptors (Lipinski definition) is 7. The molecule has 1 N–H and O–H groups in total. The predicted octanol–water partition coefficient (Wildman–Crippen LogP) is 18.0. The van der Waals surface area contributed by atoms with E-state index in [9.17, 15) is 19.0 Å². The Hall–Kier alpha value is -2.81. The second-order valence-electron chi connectivity index (χ2n) is 21.5. The fraction of sp³-hybridized carbons (Fsp3) is 0.750. The highest BCUT2D eigenvalue weighted by Crippen LogP contribution is 2.38. The Labute approximate surface area is 456 Å². The number of esters is 1. The normalized spacial score (nSPS) is 14.3. The Morgan fingerprint density at radius 1 is 0.486 bits per heavy atom. The highest BCUT2D eigenvalue weighted by Gasteiger charge is 2.27. The summed E-state index contributed by atoms with van der Waals surface area (Å²) < 4.78 is 30.3. The first-order chi connectivity index (χ1) is 35.9. The Bertz CT molecular complexity index is 1540. The minimum Gasteiger partial charge on any atom is -0.756 e. The number of allylic oxidation sites excluding steroid dienone is 13. The first-order valence-corrected chi connectivity index (χ1v) is 31.9. The molecule has 10 heteroatoms. The van der Waals surface area contributed by atoms with Crippen LogP contribution >= 0.6 is 7.82 Å². The number of amides is 1. The quantitative estimate of drug-likeness (QED) is 0.0212. The summed E-state index contributed by atoms with van der Waals surface area (Å²) in [5, 5.41) is 3.00. The summed E-state index contributed by atoms with van der Waals surface area (Å²) in [5.41, 5.74) is 0. The summed E-state index contributed by atoms with van der Waals surface area (Å²) in [6, 6.07) is -0.913. The van der Waals surface area contributed by atoms with Crippen LogP contribution in [0.25, 0.3) is 0 Å². The van der Waals surface area contributed by atoms with Crippen molar-refractivity contribution < 1.29 is 37.3 Å². The molecule has 3 atom stereocenters. The molecule has 0 saturated carbocycles. The average molecular weight is 1060 g/mol. The lowest BCUT2D eigenvalue weighted by Gasteiger charge is -2.30. The van der Waals surface area contributed by atoms with Gasteiger partial charge in [-0.05, 0) is 83.1 Å². The number of carbonyl (C=O) groups is 2. The number of rotatable bonds is 54. The van der Waals surface area contributed by atoms with Crippen molar-refractivity contribution in [3.05, 3.63) is 85.1 Å². The molecule has 0 rings (SSSR count). The van der Waals surface area contributed by atoms with Gasteiger partial charge in [0, 0.05) is 12.8 Å². The molecule has 0 aromatic carbocycles. The number of ether oxygens (including phenoxy) is 1. The van der Waals surface area contributed by atoms with E-state index in [1.165, 1.54) is 128 Å². The van der Waals surface area contributed by atoms with Crippen LogP contribution in [0, 0.1) is 0 Å². The van der Waals surface area contributed by atoms with Crippen molar-refractivity contribution in [3.63, 3.8) is 0 Å². The molecule has 0 aliphatic heterocycles. The van der Waals surface area contributed by atoms with E-state index in [0.29, 0.717) is 17.4 Å². The van der Waals surface area contributed by atoms with Crippen LogP contribution in [0.3, 0.4) is 0 Å². The third-order valence-electron chi connectivity index (χ3n) is 13.1. The molecule has 9 nitrogen and oxygen atoms in total. The van der Waals surface area contributed by atoms with Gasteiger partial charge in [0.05, 0.1) is 33.8 Å². The average Bonchev–Trinajstić information content (AvgIpc) is 3.36. The van der Waals surface area contributed by atoms with Crippen LogP contribution in [0.1, 0.15) is 258 Å². The monoisotopic (exact) mass is 1050 g/mol. The van der Waals surface area contributed by atoms with Gasteiger partial charge in [0.1, 0.15) is 19.3 Å². The van der Waals surface area contributed by atoms with E-state index in [4.69, 9.17) is 13.8 Å². The van der Waals surface area contributed by atoms with Crippen molar-refractivity contribution in [3.8, 4) is 0 Å². The van der Waals surface area contributed by atoms with Crippen molar-refractivity contribution in [2.75, 3.05) is 40.9 Å². The first kappa shape index (κ1) is 71.2. The highest BCUT2D eigenvalue weighted by molar-refractivity contribution is 7.45. The van der Waals surface area contributed by atoms with Gasteiger partial charge < -0.3 is 28.5 Å². The van der Waals surface area contributed by atoms with Gasteiger partial charge in [0.2, 0.25) is 5.91 Å². The summed E-state index contributed by atoms with van der Waals surface area (Å²) in [6.45, 7) is 6.70. The van der Waals surface area contributed by atoms with E-state index in [-0.39, 0.29) is 31.3 Å². The summed E-state index contributed by atoms with van der Waals surface area (Å²) in [6.07, 6.45) is 69.8. The lowest BCUT2D eigenvalue weighted by Crippen LogP contribution is -2.47. The molecule has 0 spiro atoms. The number of phosphoric ester groups is 1. The molecule has 3 unspecified atom stereocenters. The number of likely N-dealkylation sites (N-methyl/N-ethyl adjacent to an activating group) is 1. The Morgan fingerprint density at radius 2 is 0.865 bits per heavy atom. The van der Waals surface area contributed by atoms with Crippen LogP contribution in [0.4, 0.5) is 0 Å². The summed E-state index contributed by atoms with van der Waals surface area (Å²) in [4.78, 5) is 39.9. The van der Waals surface area contributed by atoms with E-state index >= 15 is 0 Å². The molecule has 0 bridgehead atoms. The number of nitrogens with one attached hydrogen (secondary N) is 1. The molecular formula is C64H115N2O7P. The van der Waals surface area contributed by atoms with Crippen LogP contribution in [0.2, 0.25) is 0 Å². The van der Waals surface area contributed by atoms with Gasteiger partial charge in [-0.2, -0.15) is 0 Å². The number of nitrogens with zero attached hydrogens (tertiary/aromatic N) is 1. The van der Waals surface area contributed by atoms with Crippen LogP contribution in [0.5, 0.6) is 0 Å². The second kappa shape index (κ2) is 53.6. The molecular weight excluding hydrogens is 940 g/mol. The standard InChI is InChI=1S/C64H115N2O7P/c1-7-10-13-16-19-22-25-28-30-31-32-33-34-35-36-38-41-44-47-50-53-56-63(67)65-61(60-72-74(69,70)71-59-58-66(4,5)6)62(55-52-49-46-43-40-37-27-24-21-18-15-12-9-3)73-64(68)57-54-51-48-45-42-39-29-26-23-20-17-14-11-8-2/h10,13,19,22,28,30,32-33,35-36,41,44,52,55,61-62H,7-9,11-12,14-18,20-21,23-27,29,31,34,37-40,42-43,45-51,53-54,56-60H2,1-6H3,(H-,65,67,69,70)/b13-10-,22-19-,30-28-,33-32-,36-35-,44-41-,55-52-. The van der Waals surface area contributed by atoms with Crippen molar-refractivity contribution in [1.29, 1.82) is 0 Å². The van der Waals surface area contributed by atoms with E-state index < -0.39 is 26.6 Å². The maximum Gasteiger partial charge on any atom is 0.306 e. The molecule has 1 amide bonds. The van der Waals surface area contributed by atoms with Crippen molar-refractivity contribution in [2.24, 2.45) is 0 Å². The lowest BCUT2D eigenvalue weighted by molar-refractivity contribution is -0.870. The summed E-state index contributed by atoms with van der Waals surface area (Å²) in [7, 11) is 1.15. The number of quaternary nitrogens is 1. The Balaban J connectivity index is 5.38. The highest BCUT2D eigenvalue weighted by atomic mass is 31.2. The Morgan fingerprint density at radius 3 is 1.31 bits per heavy atom. The Kier molecular flexibility index (Phi) is 51.5. The van der Waals surface area contributed by atoms with Crippen molar-refractivity contribution in [2.45, 2.75) is 270 Å². The number of phosphoric acid groups is 1. The van der Waals surface area contributed by atoms with Crippen molar-refractivity contribution >= 4 is 19.7 Å². The van der Waals surface area contributed by atoms with Crippen molar-refractivity contribution in [1.82, 2.24) is 5.32 Å². The zero-order valence-electron chi connectivity index (χ0n) is 48.8. The van der Waals surface area contributed by atoms with Crippen LogP contribution < -0.4 is 10.2 Å². The van der Waals surface area contributed by atoms with Crippen LogP contribution in [-0.2, 0) is 27.9 Å². The van der Waals surface area contributed by atoms with E-state index in [2.05, 4.69) is 99.0 Å². The maximum atomic E-state index is 13.5. The number of carbonyl (C=O) groups excluding carboxylic acids is 2. The van der Waals surface area contributed by atoms with Gasteiger partial charge >= 0.3 is 5.97 Å². The third-order valence-corrected chi connectivity index (χ3v) is 14.1. The van der Waals surface area contributed by atoms with Crippen LogP contribution in [-0.4, -0.2) is 69.4 Å². The summed E-state index contributed by atoms with van der Waals surface area (Å²) >= 11 is 0. The molecule has 0 aromatic rings. The minimum atomic E-state index is -4.71. The molecule has 0 heterocycles. The SMILES string of the molecule is CC/C=C\C/C=C\C/C=C\C/C=C\C/C=C\C/C=C\CCCCC(=O)NC(COP(=O)([O-])OCC[N+](C)(C)C)C(/C=C\CCCCCCCCCCCCC)OC(=O)CCCCCCCCCCCCCCCC. The molecule has 74 heavy (non-hydrogen) atoms. The fourth-order valence-corrected chi connectivity index (χ4v) is 9.13. The predicted molar refractivity (Wildman–Crippen MR) is 316 cm³/mol. The zero-order valence-corrected chi connectivity index (χ0v) is 49.7. The molecule has 0 aromatic heterocycles. The topological polar surface area (TPSA) is 114 Å². The number of hydrogen-bond donors (Lipinski definition) is 1. The second-order valence-corrected chi connectivity index (χ2v) is 22.9. The fourth-order valence-electron chi connectivity index (χ4n) is 8.41. The number of unbranched alkanes of at least 4 members (excludes halogenated alkanes) is 26. The van der Waals surface area contributed by atoms with E-state index in [1.807, 2.05) is 33.3 Å². The van der Waals surface area contributed by atoms with Gasteiger partial charge in [-0.1, -0.05) is 247 Å². The van der Waals surface area contributed by atoms with Gasteiger partial charge in [0.15, 0.2) is 0 Å². The molecule has 0 aliphatic rings. The first-order valence-electron chi connectivity index (χ1n) is 30.4. The maximum absolute atomic E-state index is 13.5. The van der Waals surface area contributed by atoms with Gasteiger partial charge in [0.25, 0.3) is 7.82 Å². The summed E-state index contributed by atoms with van der Waals surface area (Å²) in [5.74, 6) is -0.590. The molecule has 428 valence electrons. The van der Waals surface area contributed by atoms with E-state index in [0.717, 1.165) is 89.9 Å². The minimum absolute atomic E-state index is 0.0332.